The molecule has 113 heavy (non-hydrogen) atoms. The van der Waals surface area contributed by atoms with Gasteiger partial charge in [-0.15, -0.1) is 0 Å². The summed E-state index contributed by atoms with van der Waals surface area (Å²) in [5.41, 5.74) is 8.02. The lowest BCUT2D eigenvalue weighted by Crippen LogP contribution is -2.57. The number of phenols is 1. The number of rotatable bonds is 45. The summed E-state index contributed by atoms with van der Waals surface area (Å²) >= 11 is 0. The number of unbranched alkanes of at least 4 members (excludes halogenated alkanes) is 1. The zero-order valence-corrected chi connectivity index (χ0v) is 65.3. The molecule has 0 fully saturated rings. The number of nitrogens with one attached hydrogen (secondary N) is 10. The van der Waals surface area contributed by atoms with Crippen molar-refractivity contribution in [3.63, 3.8) is 0 Å². The van der Waals surface area contributed by atoms with Gasteiger partial charge in [0.05, 0.1) is 47.9 Å². The second kappa shape index (κ2) is 42.0. The van der Waals surface area contributed by atoms with E-state index in [9.17, 15) is 82.1 Å². The van der Waals surface area contributed by atoms with Gasteiger partial charge in [-0.2, -0.15) is 0 Å². The van der Waals surface area contributed by atoms with E-state index in [0.29, 0.717) is 65.8 Å². The number of carbonyl (C=O) groups excluding carboxylic acids is 13. The van der Waals surface area contributed by atoms with Gasteiger partial charge >= 0.3 is 11.9 Å². The monoisotopic (exact) mass is 1570 g/mol. The Kier molecular flexibility index (Phi) is 33.2. The fraction of sp³-hybridized carbons (Fsp3) is 0.538. The molecular weight excluding hydrogens is 1470 g/mol. The molecule has 7 rings (SSSR count). The van der Waals surface area contributed by atoms with Crippen LogP contribution in [0, 0.1) is 11.8 Å². The summed E-state index contributed by atoms with van der Waals surface area (Å²) in [6, 6.07) is 2.75. The van der Waals surface area contributed by atoms with E-state index >= 15 is 0 Å². The van der Waals surface area contributed by atoms with Crippen LogP contribution in [0.15, 0.2) is 59.4 Å². The number of ether oxygens (including phenoxy) is 3. The van der Waals surface area contributed by atoms with Crippen molar-refractivity contribution in [3.05, 3.63) is 92.8 Å². The van der Waals surface area contributed by atoms with E-state index in [2.05, 4.69) is 53.2 Å². The largest absolute Gasteiger partial charge is 0.506 e. The normalized spacial score (nSPS) is 15.9. The minimum Gasteiger partial charge on any atom is -0.506 e. The maximum atomic E-state index is 14.6. The van der Waals surface area contributed by atoms with Crippen LogP contribution in [-0.4, -0.2) is 201 Å². The highest BCUT2D eigenvalue weighted by Gasteiger charge is 2.46. The third kappa shape index (κ3) is 24.7. The molecule has 0 saturated carbocycles. The van der Waals surface area contributed by atoms with E-state index in [1.165, 1.54) is 33.1 Å². The lowest BCUT2D eigenvalue weighted by Gasteiger charge is -2.31. The molecule has 3 aliphatic rings. The Labute approximate surface area is 653 Å². The van der Waals surface area contributed by atoms with Crippen LogP contribution in [0.25, 0.3) is 22.3 Å². The highest BCUT2D eigenvalue weighted by atomic mass is 16.6. The standard InChI is InChI=1S/C78H106N14O21/c1-10-16-49-50-37-48(22-23-54(50)87-69-51(49)39-92-58(69)38-53-52(76(92)108)40-113-77(109)78(53,110)11-2)84-70(102)44(7)82-75(107)68(43(5)6)90-73(105)56(24-26-62(96)89-67(42(3)4)74(106)83-45(8)71(103)88-57-36-46(20-25-59(57)93)35-47(79)21-29-66(100)101)86-60(94)18-14-31-81-72(104)55(17-12-13-30-80-63(97)41-112-34-33-111-9)85-61(95)19-15-32-91-64(98)27-28-65(91)99/h20,22-23,25,27-28,36-38,42-45,47,55-56,67-68,93,110H,10-19,21,24,26,29-35,39-41,79H2,1-9H3,(H,80,97)(H,81,104)(H,82,107)(H,83,106)(H,84,102)(H,85,95)(H,86,94)(H,88,103)(H,89,96)(H,90,105)(H,100,101)/t44-,45-,47+,55-,56-,67-,68-,78-/m0/s1. The summed E-state index contributed by atoms with van der Waals surface area (Å²) in [5.74, 6) is -11.4. The SMILES string of the molecule is CCCc1c2c(nc3ccc(NC(=O)[C@H](C)NC(=O)[C@@H](NC(=O)[C@H](CCC(=O)N[C@H](C(=O)N[C@@H](C)C(=O)Nc4cc(C[C@H](N)CCC(=O)O)ccc4O)C(C)C)NC(=O)CCCNC(=O)[C@H](CCCCNC(=O)COCCOC)NC(=O)CCCN4C(=O)C=CC4=O)C(C)C)cc13)-c1cc3c(c(=O)n1C2)COC(=O)[C@]3(O)CC. The summed E-state index contributed by atoms with van der Waals surface area (Å²) < 4.78 is 17.0. The van der Waals surface area contributed by atoms with Crippen molar-refractivity contribution in [2.24, 2.45) is 17.6 Å². The number of benzene rings is 2. The fourth-order valence-electron chi connectivity index (χ4n) is 13.1. The number of carboxylic acids is 1. The van der Waals surface area contributed by atoms with Gasteiger partial charge in [0.2, 0.25) is 59.1 Å². The molecule has 0 spiro atoms. The number of nitrogens with two attached hydrogens (primary N) is 1. The van der Waals surface area contributed by atoms with Crippen molar-refractivity contribution in [1.82, 2.24) is 57.0 Å². The van der Waals surface area contributed by atoms with Crippen molar-refractivity contribution in [3.8, 4) is 17.1 Å². The number of carbonyl (C=O) groups is 14. The molecule has 0 unspecified atom stereocenters. The molecule has 2 aromatic heterocycles. The Morgan fingerprint density at radius 3 is 1.91 bits per heavy atom. The van der Waals surface area contributed by atoms with Gasteiger partial charge in [0.25, 0.3) is 17.4 Å². The predicted octanol–water partition coefficient (Wildman–Crippen LogP) is 1.64. The number of aromatic hydroxyl groups is 1. The molecular formula is C78H106N14O21. The van der Waals surface area contributed by atoms with Gasteiger partial charge in [0, 0.05) is 92.8 Å². The van der Waals surface area contributed by atoms with Gasteiger partial charge in [-0.05, 0) is 137 Å². The Balaban J connectivity index is 1.02. The van der Waals surface area contributed by atoms with Crippen LogP contribution in [0.4, 0.5) is 11.4 Å². The first-order valence-corrected chi connectivity index (χ1v) is 38.2. The van der Waals surface area contributed by atoms with Crippen LogP contribution in [0.1, 0.15) is 167 Å². The molecule has 3 aliphatic heterocycles. The Hall–Kier alpha value is -11.0. The van der Waals surface area contributed by atoms with E-state index in [1.54, 1.807) is 69.5 Å². The number of carboxylic acid groups (broad SMARTS) is 1. The second-order valence-electron chi connectivity index (χ2n) is 29.0. The summed E-state index contributed by atoms with van der Waals surface area (Å²) in [6.07, 6.45) is 3.23. The number of amides is 12. The number of anilines is 2. The zero-order chi connectivity index (χ0) is 83.0. The number of pyridine rings is 2. The molecule has 0 radical (unpaired) electrons. The summed E-state index contributed by atoms with van der Waals surface area (Å²) in [7, 11) is 1.50. The minimum atomic E-state index is -2.02. The van der Waals surface area contributed by atoms with Gasteiger partial charge in [-0.1, -0.05) is 54.0 Å². The molecule has 5 heterocycles. The molecule has 12 amide bonds. The first-order valence-electron chi connectivity index (χ1n) is 38.2. The molecule has 0 saturated heterocycles. The van der Waals surface area contributed by atoms with Gasteiger partial charge in [-0.3, -0.25) is 72.0 Å². The number of methoxy groups -OCH3 is 1. The van der Waals surface area contributed by atoms with Gasteiger partial charge in [0.1, 0.15) is 55.2 Å². The molecule has 35 heteroatoms. The van der Waals surface area contributed by atoms with Gasteiger partial charge in [0.15, 0.2) is 5.60 Å². The molecule has 0 aliphatic carbocycles. The van der Waals surface area contributed by atoms with Crippen LogP contribution in [0.3, 0.4) is 0 Å². The molecule has 4 aromatic rings. The van der Waals surface area contributed by atoms with E-state index in [1.807, 2.05) is 6.92 Å². The minimum absolute atomic E-state index is 0.0108. The average molecular weight is 1580 g/mol. The zero-order valence-electron chi connectivity index (χ0n) is 65.3. The van der Waals surface area contributed by atoms with Gasteiger partial charge < -0.3 is 93.0 Å². The predicted molar refractivity (Wildman–Crippen MR) is 411 cm³/mol. The number of phenolic OH excluding ortho intramolecular Hbond substituents is 1. The van der Waals surface area contributed by atoms with Crippen molar-refractivity contribution >= 4 is 105 Å². The fourth-order valence-corrected chi connectivity index (χ4v) is 13.1. The first-order chi connectivity index (χ1) is 53.7. The molecule has 2 aromatic carbocycles. The lowest BCUT2D eigenvalue weighted by molar-refractivity contribution is -0.172. The number of aliphatic hydroxyl groups is 1. The van der Waals surface area contributed by atoms with E-state index < -0.39 is 155 Å². The van der Waals surface area contributed by atoms with Gasteiger partial charge in [-0.25, -0.2) is 9.78 Å². The maximum absolute atomic E-state index is 14.6. The Bertz CT molecular complexity index is 4290. The number of esters is 1. The van der Waals surface area contributed by atoms with E-state index in [4.69, 9.17) is 30.0 Å². The van der Waals surface area contributed by atoms with E-state index in [0.717, 1.165) is 28.2 Å². The second-order valence-corrected chi connectivity index (χ2v) is 29.0. The summed E-state index contributed by atoms with van der Waals surface area (Å²) in [4.78, 5) is 206. The topological polar surface area (TPSA) is 512 Å². The van der Waals surface area contributed by atoms with Crippen LogP contribution < -0.4 is 64.5 Å². The average Bonchev–Trinajstić information content (AvgIpc) is 1.60. The number of hydrogen-bond acceptors (Lipinski definition) is 22. The quantitative estimate of drug-likeness (QED) is 0.0114. The molecule has 15 N–H and O–H groups in total. The van der Waals surface area contributed by atoms with E-state index in [-0.39, 0.29) is 132 Å². The van der Waals surface area contributed by atoms with Crippen molar-refractivity contribution in [1.29, 1.82) is 0 Å². The number of nitrogens with zero attached hydrogens (tertiary/aromatic N) is 3. The van der Waals surface area contributed by atoms with Crippen molar-refractivity contribution in [2.45, 2.75) is 213 Å². The molecule has 614 valence electrons. The number of hydrogen-bond donors (Lipinski definition) is 14. The molecule has 8 atom stereocenters. The number of aliphatic carboxylic acids is 1. The number of cyclic esters (lactones) is 1. The lowest BCUT2D eigenvalue weighted by atomic mass is 9.86. The summed E-state index contributed by atoms with van der Waals surface area (Å²) in [5, 5.41) is 58.5. The number of aromatic nitrogens is 2. The van der Waals surface area contributed by atoms with Crippen LogP contribution >= 0.6 is 0 Å². The summed E-state index contributed by atoms with van der Waals surface area (Å²) in [6.45, 7) is 13.1. The van der Waals surface area contributed by atoms with Crippen LogP contribution in [0.2, 0.25) is 0 Å². The third-order valence-corrected chi connectivity index (χ3v) is 19.6. The van der Waals surface area contributed by atoms with Crippen molar-refractivity contribution < 1.29 is 96.7 Å². The first kappa shape index (κ1) is 89.2. The maximum Gasteiger partial charge on any atom is 0.343 e. The number of fused-ring (bicyclic) bond motifs is 5. The Morgan fingerprint density at radius 2 is 1.27 bits per heavy atom. The van der Waals surface area contributed by atoms with Crippen molar-refractivity contribution in [2.75, 3.05) is 57.2 Å². The number of imide groups is 1. The molecule has 0 bridgehead atoms. The molecule has 35 nitrogen and oxygen atoms in total. The smallest absolute Gasteiger partial charge is 0.343 e. The van der Waals surface area contributed by atoms with Crippen LogP contribution in [0.5, 0.6) is 5.75 Å². The highest BCUT2D eigenvalue weighted by molar-refractivity contribution is 6.13. The number of aryl methyl sites for hydroxylation is 1. The third-order valence-electron chi connectivity index (χ3n) is 19.6. The van der Waals surface area contributed by atoms with Crippen LogP contribution in [-0.2, 0) is 113 Å². The highest BCUT2D eigenvalue weighted by Crippen LogP contribution is 2.41. The Morgan fingerprint density at radius 1 is 0.646 bits per heavy atom.